The van der Waals surface area contributed by atoms with Gasteiger partial charge in [-0.15, -0.1) is 0 Å². The fraction of sp³-hybridized carbons (Fsp3) is 0.250. The molecule has 1 amide bonds. The molecule has 0 aliphatic rings. The zero-order valence-electron chi connectivity index (χ0n) is 10.6. The fourth-order valence-electron chi connectivity index (χ4n) is 1.42. The number of amides is 1. The summed E-state index contributed by atoms with van der Waals surface area (Å²) in [6, 6.07) is 5.15. The maximum Gasteiger partial charge on any atom is 0.290 e. The highest BCUT2D eigenvalue weighted by Gasteiger charge is 2.11. The molecule has 0 aromatic carbocycles. The predicted molar refractivity (Wildman–Crippen MR) is 71.2 cm³/mol. The molecule has 2 aromatic rings. The molecule has 2 aromatic heterocycles. The Morgan fingerprint density at radius 1 is 1.47 bits per heavy atom. The van der Waals surface area contributed by atoms with Crippen LogP contribution in [0.15, 0.2) is 28.9 Å². The molecule has 2 rings (SSSR count). The smallest absolute Gasteiger partial charge is 0.290 e. The van der Waals surface area contributed by atoms with Crippen molar-refractivity contribution in [3.8, 4) is 0 Å². The number of nitrogens with zero attached hydrogens (tertiary/aromatic N) is 3. The largest absolute Gasteiger partial charge is 0.363 e. The minimum atomic E-state index is -0.365. The van der Waals surface area contributed by atoms with Gasteiger partial charge in [-0.1, -0.05) is 22.8 Å². The van der Waals surface area contributed by atoms with Gasteiger partial charge in [0.25, 0.3) is 5.91 Å². The van der Waals surface area contributed by atoms with E-state index in [4.69, 9.17) is 16.1 Å². The summed E-state index contributed by atoms with van der Waals surface area (Å²) in [7, 11) is 3.83. The number of aromatic nitrogens is 2. The van der Waals surface area contributed by atoms with Crippen molar-refractivity contribution in [1.29, 1.82) is 0 Å². The second-order valence-electron chi connectivity index (χ2n) is 4.12. The zero-order chi connectivity index (χ0) is 13.8. The van der Waals surface area contributed by atoms with Crippen molar-refractivity contribution < 1.29 is 9.32 Å². The Kier molecular flexibility index (Phi) is 4.01. The first-order valence-electron chi connectivity index (χ1n) is 5.59. The van der Waals surface area contributed by atoms with E-state index in [1.807, 2.05) is 31.1 Å². The lowest BCUT2D eigenvalue weighted by atomic mass is 10.2. The van der Waals surface area contributed by atoms with Crippen LogP contribution in [0, 0.1) is 0 Å². The van der Waals surface area contributed by atoms with Gasteiger partial charge in [-0.3, -0.25) is 4.79 Å². The number of nitrogens with one attached hydrogen (secondary N) is 1. The molecule has 1 N–H and O–H groups in total. The zero-order valence-corrected chi connectivity index (χ0v) is 11.3. The molecular formula is C12H13ClN4O2. The van der Waals surface area contributed by atoms with Crippen LogP contribution in [0.4, 0.5) is 5.82 Å². The molecule has 0 aliphatic heterocycles. The van der Waals surface area contributed by atoms with E-state index in [1.54, 1.807) is 6.20 Å². The molecule has 0 radical (unpaired) electrons. The van der Waals surface area contributed by atoms with Gasteiger partial charge in [0.15, 0.2) is 5.15 Å². The monoisotopic (exact) mass is 280 g/mol. The van der Waals surface area contributed by atoms with E-state index in [0.717, 1.165) is 11.4 Å². The predicted octanol–water partition coefficient (Wildman–Crippen LogP) is 1.72. The summed E-state index contributed by atoms with van der Waals surface area (Å²) in [5.41, 5.74) is 0.893. The standard InChI is InChI=1S/C12H13ClN4O2/c1-17(2)11-4-3-8(6-14-11)7-15-12(18)9-5-10(13)16-19-9/h3-6H,7H2,1-2H3,(H,15,18). The van der Waals surface area contributed by atoms with Crippen molar-refractivity contribution in [2.45, 2.75) is 6.54 Å². The van der Waals surface area contributed by atoms with Gasteiger partial charge in [-0.2, -0.15) is 0 Å². The Morgan fingerprint density at radius 3 is 2.79 bits per heavy atom. The minimum absolute atomic E-state index is 0.0860. The van der Waals surface area contributed by atoms with Gasteiger partial charge in [0.05, 0.1) is 0 Å². The number of carbonyl (C=O) groups excluding carboxylic acids is 1. The van der Waals surface area contributed by atoms with Gasteiger partial charge in [0, 0.05) is 32.9 Å². The number of hydrogen-bond acceptors (Lipinski definition) is 5. The van der Waals surface area contributed by atoms with E-state index in [1.165, 1.54) is 6.07 Å². The maximum atomic E-state index is 11.7. The Bertz CT molecular complexity index is 565. The van der Waals surface area contributed by atoms with E-state index < -0.39 is 0 Å². The van der Waals surface area contributed by atoms with Crippen LogP contribution in [0.1, 0.15) is 16.1 Å². The molecule has 0 aliphatic carbocycles. The van der Waals surface area contributed by atoms with Crippen LogP contribution in [-0.2, 0) is 6.54 Å². The minimum Gasteiger partial charge on any atom is -0.363 e. The molecule has 0 bridgehead atoms. The topological polar surface area (TPSA) is 71.3 Å². The highest BCUT2D eigenvalue weighted by molar-refractivity contribution is 6.29. The first-order chi connectivity index (χ1) is 9.06. The van der Waals surface area contributed by atoms with Gasteiger partial charge in [0.2, 0.25) is 5.76 Å². The average molecular weight is 281 g/mol. The van der Waals surface area contributed by atoms with Crippen molar-refractivity contribution in [3.05, 3.63) is 40.9 Å². The van der Waals surface area contributed by atoms with Crippen molar-refractivity contribution in [1.82, 2.24) is 15.5 Å². The molecule has 0 fully saturated rings. The highest BCUT2D eigenvalue weighted by Crippen LogP contribution is 2.10. The van der Waals surface area contributed by atoms with Gasteiger partial charge in [-0.05, 0) is 11.6 Å². The van der Waals surface area contributed by atoms with Crippen LogP contribution in [0.2, 0.25) is 5.15 Å². The van der Waals surface area contributed by atoms with E-state index in [-0.39, 0.29) is 16.8 Å². The van der Waals surface area contributed by atoms with Crippen LogP contribution in [0.5, 0.6) is 0 Å². The number of carbonyl (C=O) groups is 1. The molecule has 7 heteroatoms. The summed E-state index contributed by atoms with van der Waals surface area (Å²) in [4.78, 5) is 17.8. The quantitative estimate of drug-likeness (QED) is 0.923. The molecule has 2 heterocycles. The lowest BCUT2D eigenvalue weighted by molar-refractivity contribution is 0.0914. The van der Waals surface area contributed by atoms with Crippen LogP contribution in [0.3, 0.4) is 0 Å². The van der Waals surface area contributed by atoms with Crippen LogP contribution in [0.25, 0.3) is 0 Å². The second-order valence-corrected chi connectivity index (χ2v) is 4.50. The molecule has 100 valence electrons. The lowest BCUT2D eigenvalue weighted by Gasteiger charge is -2.11. The molecule has 0 spiro atoms. The summed E-state index contributed by atoms with van der Waals surface area (Å²) in [6.45, 7) is 0.359. The lowest BCUT2D eigenvalue weighted by Crippen LogP contribution is -2.22. The summed E-state index contributed by atoms with van der Waals surface area (Å²) in [5, 5.41) is 6.28. The Balaban J connectivity index is 1.93. The van der Waals surface area contributed by atoms with Gasteiger partial charge in [0.1, 0.15) is 5.82 Å². The second kappa shape index (κ2) is 5.71. The molecule has 0 saturated carbocycles. The average Bonchev–Trinajstić information content (AvgIpc) is 2.83. The molecule has 0 unspecified atom stereocenters. The maximum absolute atomic E-state index is 11.7. The van der Waals surface area contributed by atoms with Gasteiger partial charge in [-0.25, -0.2) is 4.98 Å². The van der Waals surface area contributed by atoms with Crippen molar-refractivity contribution >= 4 is 23.3 Å². The first-order valence-corrected chi connectivity index (χ1v) is 5.97. The van der Waals surface area contributed by atoms with E-state index >= 15 is 0 Å². The van der Waals surface area contributed by atoms with Crippen LogP contribution in [-0.4, -0.2) is 30.1 Å². The number of hydrogen-bond donors (Lipinski definition) is 1. The fourth-order valence-corrected chi connectivity index (χ4v) is 1.55. The SMILES string of the molecule is CN(C)c1ccc(CNC(=O)c2cc(Cl)no2)cn1. The molecule has 19 heavy (non-hydrogen) atoms. The Hall–Kier alpha value is -2.08. The normalized spacial score (nSPS) is 10.3. The van der Waals surface area contributed by atoms with Crippen LogP contribution < -0.4 is 10.2 Å². The first kappa shape index (κ1) is 13.4. The van der Waals surface area contributed by atoms with Crippen molar-refractivity contribution in [2.24, 2.45) is 0 Å². The molecule has 0 atom stereocenters. The Morgan fingerprint density at radius 2 is 2.26 bits per heavy atom. The van der Waals surface area contributed by atoms with Gasteiger partial charge >= 0.3 is 0 Å². The van der Waals surface area contributed by atoms with E-state index in [0.29, 0.717) is 6.54 Å². The number of pyridine rings is 1. The summed E-state index contributed by atoms with van der Waals surface area (Å²) in [5.74, 6) is 0.580. The number of halogens is 1. The summed E-state index contributed by atoms with van der Waals surface area (Å²) in [6.07, 6.45) is 1.71. The number of anilines is 1. The number of rotatable bonds is 4. The summed E-state index contributed by atoms with van der Waals surface area (Å²) < 4.78 is 4.75. The third-order valence-corrected chi connectivity index (χ3v) is 2.60. The van der Waals surface area contributed by atoms with Crippen molar-refractivity contribution in [3.63, 3.8) is 0 Å². The van der Waals surface area contributed by atoms with E-state index in [9.17, 15) is 4.79 Å². The third kappa shape index (κ3) is 3.45. The highest BCUT2D eigenvalue weighted by atomic mass is 35.5. The van der Waals surface area contributed by atoms with Crippen LogP contribution >= 0.6 is 11.6 Å². The third-order valence-electron chi connectivity index (χ3n) is 2.43. The van der Waals surface area contributed by atoms with Crippen molar-refractivity contribution in [2.75, 3.05) is 19.0 Å². The Labute approximate surface area is 115 Å². The molecule has 0 saturated heterocycles. The molecular weight excluding hydrogens is 268 g/mol. The summed E-state index contributed by atoms with van der Waals surface area (Å²) >= 11 is 5.57. The molecule has 6 nitrogen and oxygen atoms in total. The van der Waals surface area contributed by atoms with E-state index in [2.05, 4.69) is 15.5 Å². The van der Waals surface area contributed by atoms with Gasteiger partial charge < -0.3 is 14.7 Å².